The molecular formula is C77H134O6. The van der Waals surface area contributed by atoms with E-state index in [-0.39, 0.29) is 31.1 Å². The fourth-order valence-corrected chi connectivity index (χ4v) is 10.3. The largest absolute Gasteiger partial charge is 0.462 e. The van der Waals surface area contributed by atoms with Gasteiger partial charge in [0.05, 0.1) is 0 Å². The zero-order valence-corrected chi connectivity index (χ0v) is 54.9. The zero-order chi connectivity index (χ0) is 59.9. The van der Waals surface area contributed by atoms with Crippen molar-refractivity contribution in [3.05, 3.63) is 97.2 Å². The lowest BCUT2D eigenvalue weighted by molar-refractivity contribution is -0.167. The van der Waals surface area contributed by atoms with Crippen molar-refractivity contribution >= 4 is 17.9 Å². The summed E-state index contributed by atoms with van der Waals surface area (Å²) in [6, 6.07) is 0. The highest BCUT2D eigenvalue weighted by molar-refractivity contribution is 5.71. The van der Waals surface area contributed by atoms with E-state index in [2.05, 4.69) is 118 Å². The first-order chi connectivity index (χ1) is 41.0. The summed E-state index contributed by atoms with van der Waals surface area (Å²) < 4.78 is 16.9. The highest BCUT2D eigenvalue weighted by Gasteiger charge is 2.19. The van der Waals surface area contributed by atoms with Gasteiger partial charge in [-0.3, -0.25) is 14.4 Å². The first kappa shape index (κ1) is 79.3. The van der Waals surface area contributed by atoms with E-state index in [0.717, 1.165) is 122 Å². The van der Waals surface area contributed by atoms with E-state index in [9.17, 15) is 14.4 Å². The number of rotatable bonds is 65. The lowest BCUT2D eigenvalue weighted by Gasteiger charge is -2.18. The number of hydrogen-bond donors (Lipinski definition) is 0. The van der Waals surface area contributed by atoms with Gasteiger partial charge < -0.3 is 14.2 Å². The quantitative estimate of drug-likeness (QED) is 0.0261. The van der Waals surface area contributed by atoms with Crippen LogP contribution in [0.5, 0.6) is 0 Å². The van der Waals surface area contributed by atoms with Crippen molar-refractivity contribution in [3.63, 3.8) is 0 Å². The molecule has 478 valence electrons. The van der Waals surface area contributed by atoms with Crippen LogP contribution in [-0.2, 0) is 28.6 Å². The van der Waals surface area contributed by atoms with Crippen LogP contribution >= 0.6 is 0 Å². The molecule has 0 aliphatic heterocycles. The number of esters is 3. The van der Waals surface area contributed by atoms with E-state index in [4.69, 9.17) is 14.2 Å². The van der Waals surface area contributed by atoms with Gasteiger partial charge >= 0.3 is 17.9 Å². The molecule has 1 atom stereocenters. The Morgan fingerprint density at radius 3 is 0.735 bits per heavy atom. The molecular weight excluding hydrogens is 1020 g/mol. The second-order valence-corrected chi connectivity index (χ2v) is 23.8. The SMILES string of the molecule is CC/C=C\C/C=C\C/C=C\C/C=C\C/C=C\C/C=C\C/C=C\C/C=C\CCCCCCCCC(=O)OCC(COC(=O)CCCCCCCCC)OC(=O)CCCCCCCCCCCCCCCCCCCCCCCCCCCCC. The molecule has 0 aliphatic rings. The lowest BCUT2D eigenvalue weighted by atomic mass is 10.0. The van der Waals surface area contributed by atoms with Crippen LogP contribution in [0.2, 0.25) is 0 Å². The third kappa shape index (κ3) is 69.0. The molecule has 6 heteroatoms. The Hall–Kier alpha value is -3.67. The minimum absolute atomic E-state index is 0.0785. The van der Waals surface area contributed by atoms with Gasteiger partial charge in [-0.2, -0.15) is 0 Å². The molecule has 1 unspecified atom stereocenters. The van der Waals surface area contributed by atoms with E-state index in [0.29, 0.717) is 19.3 Å². The van der Waals surface area contributed by atoms with E-state index in [1.165, 1.54) is 193 Å². The van der Waals surface area contributed by atoms with Crippen LogP contribution in [0, 0.1) is 0 Å². The van der Waals surface area contributed by atoms with Crippen LogP contribution in [0.3, 0.4) is 0 Å². The average molecular weight is 1160 g/mol. The average Bonchev–Trinajstić information content (AvgIpc) is 3.50. The second kappa shape index (κ2) is 70.8. The normalized spacial score (nSPS) is 12.7. The summed E-state index contributed by atoms with van der Waals surface area (Å²) in [4.78, 5) is 38.2. The predicted octanol–water partition coefficient (Wildman–Crippen LogP) is 24.8. The van der Waals surface area contributed by atoms with Crippen LogP contribution in [-0.4, -0.2) is 37.2 Å². The van der Waals surface area contributed by atoms with Crippen LogP contribution < -0.4 is 0 Å². The minimum atomic E-state index is -0.781. The molecule has 6 nitrogen and oxygen atoms in total. The Morgan fingerprint density at radius 1 is 0.253 bits per heavy atom. The molecule has 83 heavy (non-hydrogen) atoms. The summed E-state index contributed by atoms with van der Waals surface area (Å²) in [5, 5.41) is 0. The molecule has 0 spiro atoms. The first-order valence-corrected chi connectivity index (χ1v) is 35.7. The Morgan fingerprint density at radius 2 is 0.470 bits per heavy atom. The van der Waals surface area contributed by atoms with Crippen LogP contribution in [0.25, 0.3) is 0 Å². The number of carbonyl (C=O) groups is 3. The monoisotopic (exact) mass is 1160 g/mol. The summed E-state index contributed by atoms with van der Waals surface area (Å²) in [5.41, 5.74) is 0. The molecule has 0 saturated heterocycles. The molecule has 0 saturated carbocycles. The maximum atomic E-state index is 12.9. The molecule has 0 bridgehead atoms. The fourth-order valence-electron chi connectivity index (χ4n) is 10.3. The van der Waals surface area contributed by atoms with Gasteiger partial charge in [0.25, 0.3) is 0 Å². The van der Waals surface area contributed by atoms with Crippen molar-refractivity contribution in [2.24, 2.45) is 0 Å². The highest BCUT2D eigenvalue weighted by Crippen LogP contribution is 2.18. The van der Waals surface area contributed by atoms with Crippen molar-refractivity contribution in [1.29, 1.82) is 0 Å². The summed E-state index contributed by atoms with van der Waals surface area (Å²) in [6.45, 7) is 6.52. The van der Waals surface area contributed by atoms with Gasteiger partial charge in [-0.05, 0) is 83.5 Å². The number of carbonyl (C=O) groups excluding carboxylic acids is 3. The smallest absolute Gasteiger partial charge is 0.306 e. The van der Waals surface area contributed by atoms with E-state index < -0.39 is 6.10 Å². The first-order valence-electron chi connectivity index (χ1n) is 35.7. The van der Waals surface area contributed by atoms with E-state index >= 15 is 0 Å². The Labute approximate surface area is 515 Å². The van der Waals surface area contributed by atoms with Crippen LogP contribution in [0.1, 0.15) is 355 Å². The standard InChI is InChI=1S/C77H134O6/c1-4-7-10-13-16-18-20-22-24-26-28-30-32-34-36-37-38-39-41-42-44-46-48-50-52-54-56-58-61-64-67-70-76(79)82-73-74(72-81-75(78)69-66-63-60-15-12-9-6-3)83-77(80)71-68-65-62-59-57-55-53-51-49-47-45-43-40-35-33-31-29-27-25-23-21-19-17-14-11-8-5-2/h7,10,16,18,22,24,28,30,34,36,38-39,42,44,48,50,74H,4-6,8-9,11-15,17,19-21,23,25-27,29,31-33,35,37,40-41,43,45-47,49,51-73H2,1-3H3/b10-7-,18-16-,24-22-,30-28-,36-34-,39-38-,44-42-,50-48-. The molecule has 0 N–H and O–H groups in total. The molecule has 0 aromatic heterocycles. The number of allylic oxidation sites excluding steroid dienone is 16. The second-order valence-electron chi connectivity index (χ2n) is 23.8. The third-order valence-corrected chi connectivity index (χ3v) is 15.6. The maximum Gasteiger partial charge on any atom is 0.306 e. The van der Waals surface area contributed by atoms with Crippen molar-refractivity contribution in [2.45, 2.75) is 361 Å². The minimum Gasteiger partial charge on any atom is -0.462 e. The van der Waals surface area contributed by atoms with Gasteiger partial charge in [0, 0.05) is 19.3 Å². The topological polar surface area (TPSA) is 78.9 Å². The summed E-state index contributed by atoms with van der Waals surface area (Å²) in [5.74, 6) is -0.885. The molecule has 0 rings (SSSR count). The van der Waals surface area contributed by atoms with Crippen molar-refractivity contribution < 1.29 is 28.6 Å². The summed E-state index contributed by atoms with van der Waals surface area (Å²) in [6.07, 6.45) is 96.1. The van der Waals surface area contributed by atoms with Crippen LogP contribution in [0.15, 0.2) is 97.2 Å². The molecule has 0 fully saturated rings. The molecule has 0 radical (unpaired) electrons. The Bertz CT molecular complexity index is 1610. The number of unbranched alkanes of at least 4 members (excludes halogenated alkanes) is 38. The highest BCUT2D eigenvalue weighted by atomic mass is 16.6. The lowest BCUT2D eigenvalue weighted by Crippen LogP contribution is -2.30. The molecule has 0 aliphatic carbocycles. The zero-order valence-electron chi connectivity index (χ0n) is 54.9. The maximum absolute atomic E-state index is 12.9. The van der Waals surface area contributed by atoms with E-state index in [1.807, 2.05) is 0 Å². The number of hydrogen-bond acceptors (Lipinski definition) is 6. The van der Waals surface area contributed by atoms with Crippen molar-refractivity contribution in [1.82, 2.24) is 0 Å². The Balaban J connectivity index is 4.11. The third-order valence-electron chi connectivity index (χ3n) is 15.6. The number of ether oxygens (including phenoxy) is 3. The molecule has 0 amide bonds. The van der Waals surface area contributed by atoms with Gasteiger partial charge in [-0.15, -0.1) is 0 Å². The predicted molar refractivity (Wildman–Crippen MR) is 362 cm³/mol. The summed E-state index contributed by atoms with van der Waals surface area (Å²) >= 11 is 0. The van der Waals surface area contributed by atoms with Crippen LogP contribution in [0.4, 0.5) is 0 Å². The van der Waals surface area contributed by atoms with Crippen molar-refractivity contribution in [2.75, 3.05) is 13.2 Å². The Kier molecular flexibility index (Phi) is 67.7. The van der Waals surface area contributed by atoms with Gasteiger partial charge in [0.1, 0.15) is 13.2 Å². The van der Waals surface area contributed by atoms with E-state index in [1.54, 1.807) is 0 Å². The van der Waals surface area contributed by atoms with Gasteiger partial charge in [-0.1, -0.05) is 349 Å². The van der Waals surface area contributed by atoms with Gasteiger partial charge in [0.2, 0.25) is 0 Å². The van der Waals surface area contributed by atoms with Crippen molar-refractivity contribution in [3.8, 4) is 0 Å². The van der Waals surface area contributed by atoms with Gasteiger partial charge in [-0.25, -0.2) is 0 Å². The molecule has 0 aromatic rings. The molecule has 0 heterocycles. The summed E-state index contributed by atoms with van der Waals surface area (Å²) in [7, 11) is 0. The fraction of sp³-hybridized carbons (Fsp3) is 0.753. The molecule has 0 aromatic carbocycles. The van der Waals surface area contributed by atoms with Gasteiger partial charge in [0.15, 0.2) is 6.10 Å².